The molecule has 1 aromatic carbocycles. The summed E-state index contributed by atoms with van der Waals surface area (Å²) in [6.07, 6.45) is 4.80. The molecule has 0 saturated carbocycles. The fraction of sp³-hybridized carbons (Fsp3) is 0.400. The molecular formula is C20H25N2O3S+. The molecule has 0 spiro atoms. The van der Waals surface area contributed by atoms with E-state index >= 15 is 0 Å². The van der Waals surface area contributed by atoms with Crippen molar-refractivity contribution < 1.29 is 19.2 Å². The number of quaternary nitrogens is 1. The highest BCUT2D eigenvalue weighted by Gasteiger charge is 2.28. The third kappa shape index (κ3) is 4.77. The Kier molecular flexibility index (Phi) is 6.52. The molecule has 1 unspecified atom stereocenters. The molecule has 1 saturated heterocycles. The number of carbonyl (C=O) groups is 2. The molecule has 1 fully saturated rings. The van der Waals surface area contributed by atoms with E-state index in [4.69, 9.17) is 4.74 Å². The van der Waals surface area contributed by atoms with Crippen molar-refractivity contribution in [1.29, 1.82) is 0 Å². The number of esters is 1. The van der Waals surface area contributed by atoms with Gasteiger partial charge in [-0.05, 0) is 24.1 Å². The van der Waals surface area contributed by atoms with E-state index < -0.39 is 0 Å². The van der Waals surface area contributed by atoms with E-state index in [2.05, 4.69) is 30.3 Å². The van der Waals surface area contributed by atoms with Gasteiger partial charge in [-0.3, -0.25) is 4.79 Å². The van der Waals surface area contributed by atoms with Gasteiger partial charge < -0.3 is 14.5 Å². The smallest absolute Gasteiger partial charge is 0.333 e. The van der Waals surface area contributed by atoms with Crippen LogP contribution in [0.25, 0.3) is 5.57 Å². The van der Waals surface area contributed by atoms with Crippen molar-refractivity contribution in [3.63, 3.8) is 0 Å². The second-order valence-corrected chi connectivity index (χ2v) is 7.36. The van der Waals surface area contributed by atoms with Crippen LogP contribution in [0.3, 0.4) is 0 Å². The summed E-state index contributed by atoms with van der Waals surface area (Å²) in [6, 6.07) is 10.5. The lowest BCUT2D eigenvalue weighted by molar-refractivity contribution is -0.894. The molecule has 0 aliphatic carbocycles. The molecule has 2 heterocycles. The fourth-order valence-corrected chi connectivity index (χ4v) is 4.20. The molecule has 1 amide bonds. The second-order valence-electron chi connectivity index (χ2n) is 6.37. The number of nitrogens with one attached hydrogen (secondary N) is 1. The van der Waals surface area contributed by atoms with Crippen LogP contribution in [0.4, 0.5) is 0 Å². The summed E-state index contributed by atoms with van der Waals surface area (Å²) in [5.41, 5.74) is 2.71. The lowest BCUT2D eigenvalue weighted by Gasteiger charge is -2.26. The standard InChI is InChI=1S/C20H24N2O3S/c1-2-25-20(24)14-19-22(18(23)15-26-19)13-12-21-10-8-17(9-11-21)16-6-4-3-5-7-16/h3-8,14H,2,9-13,15H2,1H3/p+1/b19-14-. The molecule has 1 N–H and O–H groups in total. The fourth-order valence-electron chi connectivity index (χ4n) is 3.25. The monoisotopic (exact) mass is 373 g/mol. The van der Waals surface area contributed by atoms with Crippen molar-refractivity contribution in [2.24, 2.45) is 0 Å². The van der Waals surface area contributed by atoms with Gasteiger partial charge in [0, 0.05) is 6.42 Å². The van der Waals surface area contributed by atoms with Gasteiger partial charge in [-0.2, -0.15) is 0 Å². The summed E-state index contributed by atoms with van der Waals surface area (Å²) >= 11 is 1.41. The molecule has 1 aromatic rings. The molecule has 26 heavy (non-hydrogen) atoms. The van der Waals surface area contributed by atoms with E-state index in [-0.39, 0.29) is 11.9 Å². The topological polar surface area (TPSA) is 51.1 Å². The number of hydrogen-bond acceptors (Lipinski definition) is 4. The summed E-state index contributed by atoms with van der Waals surface area (Å²) < 4.78 is 4.96. The van der Waals surface area contributed by atoms with Crippen LogP contribution in [-0.2, 0) is 14.3 Å². The Labute approximate surface area is 158 Å². The van der Waals surface area contributed by atoms with Gasteiger partial charge >= 0.3 is 5.97 Å². The maximum atomic E-state index is 12.1. The highest BCUT2D eigenvalue weighted by molar-refractivity contribution is 8.04. The Balaban J connectivity index is 1.54. The number of thioether (sulfide) groups is 1. The van der Waals surface area contributed by atoms with Gasteiger partial charge in [0.1, 0.15) is 0 Å². The first-order valence-electron chi connectivity index (χ1n) is 9.07. The maximum Gasteiger partial charge on any atom is 0.333 e. The van der Waals surface area contributed by atoms with Crippen LogP contribution in [0.2, 0.25) is 0 Å². The van der Waals surface area contributed by atoms with Crippen molar-refractivity contribution in [2.45, 2.75) is 13.3 Å². The molecule has 5 nitrogen and oxygen atoms in total. The minimum absolute atomic E-state index is 0.0717. The summed E-state index contributed by atoms with van der Waals surface area (Å²) in [7, 11) is 0. The first-order chi connectivity index (χ1) is 12.7. The van der Waals surface area contributed by atoms with E-state index in [1.807, 2.05) is 6.07 Å². The Morgan fingerprint density at radius 3 is 2.85 bits per heavy atom. The third-order valence-electron chi connectivity index (χ3n) is 4.66. The van der Waals surface area contributed by atoms with Crippen LogP contribution in [0.1, 0.15) is 18.9 Å². The maximum absolute atomic E-state index is 12.1. The molecule has 0 aromatic heterocycles. The van der Waals surface area contributed by atoms with Crippen molar-refractivity contribution in [3.8, 4) is 0 Å². The third-order valence-corrected chi connectivity index (χ3v) is 5.68. The van der Waals surface area contributed by atoms with E-state index in [1.165, 1.54) is 33.9 Å². The molecule has 2 aliphatic rings. The lowest BCUT2D eigenvalue weighted by Crippen LogP contribution is -3.13. The number of ether oxygens (including phenoxy) is 1. The van der Waals surface area contributed by atoms with Crippen molar-refractivity contribution in [1.82, 2.24) is 4.90 Å². The molecule has 1 atom stereocenters. The summed E-state index contributed by atoms with van der Waals surface area (Å²) in [5.74, 6) is 0.0939. The van der Waals surface area contributed by atoms with Gasteiger partial charge in [-0.15, -0.1) is 0 Å². The molecule has 0 bridgehead atoms. The molecular weight excluding hydrogens is 348 g/mol. The van der Waals surface area contributed by atoms with Gasteiger partial charge in [0.2, 0.25) is 5.91 Å². The average molecular weight is 373 g/mol. The Hall–Kier alpha value is -2.05. The number of benzene rings is 1. The van der Waals surface area contributed by atoms with E-state index in [1.54, 1.807) is 11.8 Å². The first kappa shape index (κ1) is 18.7. The van der Waals surface area contributed by atoms with Gasteiger partial charge in [-0.25, -0.2) is 4.79 Å². The second kappa shape index (κ2) is 9.05. The zero-order chi connectivity index (χ0) is 18.4. The number of hydrogen-bond donors (Lipinski definition) is 1. The molecule has 6 heteroatoms. The van der Waals surface area contributed by atoms with Crippen LogP contribution in [0, 0.1) is 0 Å². The average Bonchev–Trinajstić information content (AvgIpc) is 3.01. The number of carbonyl (C=O) groups excluding carboxylic acids is 2. The zero-order valence-electron chi connectivity index (χ0n) is 15.1. The van der Waals surface area contributed by atoms with Crippen molar-refractivity contribution >= 4 is 29.2 Å². The lowest BCUT2D eigenvalue weighted by atomic mass is 10.00. The predicted octanol–water partition coefficient (Wildman–Crippen LogP) is 1.34. The quantitative estimate of drug-likeness (QED) is 0.604. The van der Waals surface area contributed by atoms with E-state index in [0.29, 0.717) is 23.9 Å². The number of nitrogens with zero attached hydrogens (tertiary/aromatic N) is 1. The minimum Gasteiger partial charge on any atom is -0.463 e. The van der Waals surface area contributed by atoms with Crippen LogP contribution in [0.5, 0.6) is 0 Å². The van der Waals surface area contributed by atoms with Crippen molar-refractivity contribution in [2.75, 3.05) is 38.5 Å². The molecule has 3 rings (SSSR count). The summed E-state index contributed by atoms with van der Waals surface area (Å²) in [5, 5.41) is 0.713. The van der Waals surface area contributed by atoms with Crippen LogP contribution < -0.4 is 4.90 Å². The van der Waals surface area contributed by atoms with Crippen LogP contribution in [-0.4, -0.2) is 55.3 Å². The van der Waals surface area contributed by atoms with Gasteiger partial charge in [-0.1, -0.05) is 42.1 Å². The first-order valence-corrected chi connectivity index (χ1v) is 10.1. The van der Waals surface area contributed by atoms with Gasteiger partial charge in [0.25, 0.3) is 0 Å². The Bertz CT molecular complexity index is 715. The van der Waals surface area contributed by atoms with Gasteiger partial charge in [0.05, 0.1) is 49.6 Å². The normalized spacial score (nSPS) is 21.8. The molecule has 0 radical (unpaired) electrons. The van der Waals surface area contributed by atoms with Crippen LogP contribution in [0.15, 0.2) is 47.5 Å². The summed E-state index contributed by atoms with van der Waals surface area (Å²) in [4.78, 5) is 27.0. The van der Waals surface area contributed by atoms with E-state index in [0.717, 1.165) is 26.1 Å². The Morgan fingerprint density at radius 2 is 2.15 bits per heavy atom. The zero-order valence-corrected chi connectivity index (χ0v) is 15.9. The molecule has 2 aliphatic heterocycles. The highest BCUT2D eigenvalue weighted by Crippen LogP contribution is 2.28. The largest absolute Gasteiger partial charge is 0.463 e. The van der Waals surface area contributed by atoms with E-state index in [9.17, 15) is 9.59 Å². The SMILES string of the molecule is CCOC(=O)/C=C1\SCC(=O)N1CC[NH+]1CC=C(c2ccccc2)CC1. The minimum atomic E-state index is -0.379. The molecule has 138 valence electrons. The highest BCUT2D eigenvalue weighted by atomic mass is 32.2. The van der Waals surface area contributed by atoms with Crippen molar-refractivity contribution in [3.05, 3.63) is 53.1 Å². The summed E-state index contributed by atoms with van der Waals surface area (Å²) in [6.45, 7) is 5.67. The Morgan fingerprint density at radius 1 is 1.35 bits per heavy atom. The van der Waals surface area contributed by atoms with Gasteiger partial charge in [0.15, 0.2) is 0 Å². The van der Waals surface area contributed by atoms with Crippen LogP contribution >= 0.6 is 11.8 Å². The number of rotatable bonds is 6. The predicted molar refractivity (Wildman–Crippen MR) is 103 cm³/mol. The number of amides is 1.